The second-order valence-corrected chi connectivity index (χ2v) is 7.18. The molecule has 0 saturated heterocycles. The number of rotatable bonds is 7. The van der Waals surface area contributed by atoms with E-state index < -0.39 is 10.0 Å². The molecule has 0 radical (unpaired) electrons. The van der Waals surface area contributed by atoms with Crippen molar-refractivity contribution in [3.05, 3.63) is 35.9 Å². The zero-order chi connectivity index (χ0) is 12.7. The summed E-state index contributed by atoms with van der Waals surface area (Å²) in [5.74, 6) is 0.0468. The first-order chi connectivity index (χ1) is 8.06. The van der Waals surface area contributed by atoms with Gasteiger partial charge in [0.15, 0.2) is 0 Å². The van der Waals surface area contributed by atoms with Gasteiger partial charge >= 0.3 is 0 Å². The lowest BCUT2D eigenvalue weighted by Gasteiger charge is -2.14. The highest BCUT2D eigenvalue weighted by Gasteiger charge is 2.19. The van der Waals surface area contributed by atoms with Crippen LogP contribution in [0.15, 0.2) is 30.3 Å². The van der Waals surface area contributed by atoms with E-state index in [2.05, 4.69) is 23.1 Å². The Morgan fingerprint density at radius 2 is 1.82 bits per heavy atom. The van der Waals surface area contributed by atoms with Crippen molar-refractivity contribution in [2.75, 3.05) is 6.54 Å². The van der Waals surface area contributed by atoms with Crippen LogP contribution >= 0.6 is 16.1 Å². The molecule has 0 heterocycles. The quantitative estimate of drug-likeness (QED) is 0.571. The van der Waals surface area contributed by atoms with E-state index >= 15 is 0 Å². The van der Waals surface area contributed by atoms with Gasteiger partial charge in [-0.15, -0.1) is 3.33 Å². The average molecular weight is 320 g/mol. The molecule has 5 heteroatoms. The van der Waals surface area contributed by atoms with Gasteiger partial charge in [-0.25, -0.2) is 8.42 Å². The van der Waals surface area contributed by atoms with Gasteiger partial charge in [-0.2, -0.15) is 0 Å². The first-order valence-electron chi connectivity index (χ1n) is 5.76. The van der Waals surface area contributed by atoms with Crippen LogP contribution in [0.5, 0.6) is 0 Å². The Morgan fingerprint density at radius 1 is 1.18 bits per heavy atom. The molecular weight excluding hydrogens is 302 g/mol. The standard InChI is InChI=1S/C12H18BrNO2S/c1-2-3-7-10-14(13)17(15,16)11-12-8-5-4-6-9-12/h4-6,8-9H,2-3,7,10-11H2,1H3. The molecule has 0 bridgehead atoms. The van der Waals surface area contributed by atoms with Gasteiger partial charge in [-0.3, -0.25) is 0 Å². The summed E-state index contributed by atoms with van der Waals surface area (Å²) in [5, 5.41) is 0. The molecule has 3 nitrogen and oxygen atoms in total. The fourth-order valence-electron chi connectivity index (χ4n) is 1.48. The van der Waals surface area contributed by atoms with Crippen molar-refractivity contribution in [2.24, 2.45) is 0 Å². The summed E-state index contributed by atoms with van der Waals surface area (Å²) in [4.78, 5) is 0. The average Bonchev–Trinajstić information content (AvgIpc) is 2.30. The molecule has 0 fully saturated rings. The molecule has 1 aromatic carbocycles. The summed E-state index contributed by atoms with van der Waals surface area (Å²) in [6.07, 6.45) is 3.01. The molecule has 0 unspecified atom stereocenters. The molecule has 17 heavy (non-hydrogen) atoms. The SMILES string of the molecule is CCCCCN(Br)S(=O)(=O)Cc1ccccc1. The molecular formula is C12H18BrNO2S. The zero-order valence-corrected chi connectivity index (χ0v) is 12.4. The van der Waals surface area contributed by atoms with E-state index in [1.54, 1.807) is 0 Å². The largest absolute Gasteiger partial charge is 0.227 e. The summed E-state index contributed by atoms with van der Waals surface area (Å²) in [7, 11) is -3.24. The smallest absolute Gasteiger partial charge is 0.211 e. The normalized spacial score (nSPS) is 11.9. The number of hydrogen-bond acceptors (Lipinski definition) is 2. The van der Waals surface area contributed by atoms with Crippen LogP contribution in [0.3, 0.4) is 0 Å². The van der Waals surface area contributed by atoms with Crippen molar-refractivity contribution in [2.45, 2.75) is 31.9 Å². The lowest BCUT2D eigenvalue weighted by molar-refractivity contribution is 0.532. The third-order valence-electron chi connectivity index (χ3n) is 2.43. The number of unbranched alkanes of at least 4 members (excludes halogenated alkanes) is 2. The topological polar surface area (TPSA) is 37.4 Å². The number of nitrogens with zero attached hydrogens (tertiary/aromatic N) is 1. The Bertz CT molecular complexity index is 419. The first-order valence-corrected chi connectivity index (χ1v) is 8.08. The highest BCUT2D eigenvalue weighted by atomic mass is 79.9. The van der Waals surface area contributed by atoms with Crippen molar-refractivity contribution < 1.29 is 8.42 Å². The van der Waals surface area contributed by atoms with E-state index in [9.17, 15) is 8.42 Å². The number of sulfonamides is 1. The third kappa shape index (κ3) is 5.19. The second kappa shape index (κ2) is 7.13. The van der Waals surface area contributed by atoms with Gasteiger partial charge in [0.2, 0.25) is 10.0 Å². The number of hydrogen-bond donors (Lipinski definition) is 0. The highest BCUT2D eigenvalue weighted by Crippen LogP contribution is 2.15. The fraction of sp³-hybridized carbons (Fsp3) is 0.500. The molecule has 0 N–H and O–H groups in total. The van der Waals surface area contributed by atoms with Crippen LogP contribution in [-0.4, -0.2) is 18.3 Å². The summed E-state index contributed by atoms with van der Waals surface area (Å²) in [6, 6.07) is 9.22. The van der Waals surface area contributed by atoms with E-state index in [1.165, 1.54) is 3.33 Å². The van der Waals surface area contributed by atoms with Crippen LogP contribution < -0.4 is 0 Å². The zero-order valence-electron chi connectivity index (χ0n) is 9.97. The van der Waals surface area contributed by atoms with Crippen LogP contribution in [-0.2, 0) is 15.8 Å². The minimum absolute atomic E-state index is 0.0468. The summed E-state index contributed by atoms with van der Waals surface area (Å²) < 4.78 is 25.2. The molecule has 0 atom stereocenters. The van der Waals surface area contributed by atoms with Crippen LogP contribution in [0.1, 0.15) is 31.7 Å². The predicted octanol–water partition coefficient (Wildman–Crippen LogP) is 3.32. The molecule has 0 saturated carbocycles. The minimum Gasteiger partial charge on any atom is -0.211 e. The van der Waals surface area contributed by atoms with E-state index in [0.29, 0.717) is 6.54 Å². The van der Waals surface area contributed by atoms with Gasteiger partial charge in [-0.1, -0.05) is 50.1 Å². The van der Waals surface area contributed by atoms with Gasteiger partial charge < -0.3 is 0 Å². The van der Waals surface area contributed by atoms with E-state index in [1.807, 2.05) is 30.3 Å². The van der Waals surface area contributed by atoms with Gasteiger partial charge in [0.1, 0.15) is 0 Å². The maximum atomic E-state index is 12.0. The predicted molar refractivity (Wildman–Crippen MR) is 74.2 cm³/mol. The van der Waals surface area contributed by atoms with E-state index in [4.69, 9.17) is 0 Å². The monoisotopic (exact) mass is 319 g/mol. The van der Waals surface area contributed by atoms with Crippen LogP contribution in [0.4, 0.5) is 0 Å². The maximum Gasteiger partial charge on any atom is 0.227 e. The van der Waals surface area contributed by atoms with E-state index in [0.717, 1.165) is 24.8 Å². The molecule has 1 aromatic rings. The highest BCUT2D eigenvalue weighted by molar-refractivity contribution is 9.08. The van der Waals surface area contributed by atoms with Gasteiger partial charge in [0.05, 0.1) is 5.75 Å². The van der Waals surface area contributed by atoms with Gasteiger partial charge in [0.25, 0.3) is 0 Å². The van der Waals surface area contributed by atoms with Crippen LogP contribution in [0.25, 0.3) is 0 Å². The van der Waals surface area contributed by atoms with Crippen molar-refractivity contribution in [3.63, 3.8) is 0 Å². The first kappa shape index (κ1) is 14.7. The minimum atomic E-state index is -3.24. The Labute approximate surface area is 112 Å². The van der Waals surface area contributed by atoms with Crippen LogP contribution in [0.2, 0.25) is 0 Å². The molecule has 0 aromatic heterocycles. The summed E-state index contributed by atoms with van der Waals surface area (Å²) in [5.41, 5.74) is 0.812. The molecule has 0 spiro atoms. The third-order valence-corrected chi connectivity index (χ3v) is 5.59. The Kier molecular flexibility index (Phi) is 6.16. The molecule has 0 amide bonds. The van der Waals surface area contributed by atoms with Crippen molar-refractivity contribution in [1.29, 1.82) is 0 Å². The Balaban J connectivity index is 2.56. The van der Waals surface area contributed by atoms with Crippen molar-refractivity contribution >= 4 is 26.2 Å². The van der Waals surface area contributed by atoms with E-state index in [-0.39, 0.29) is 5.75 Å². The van der Waals surface area contributed by atoms with Gasteiger partial charge in [0, 0.05) is 22.7 Å². The van der Waals surface area contributed by atoms with Gasteiger partial charge in [-0.05, 0) is 12.0 Å². The lowest BCUT2D eigenvalue weighted by Crippen LogP contribution is -2.24. The van der Waals surface area contributed by atoms with Crippen molar-refractivity contribution in [3.8, 4) is 0 Å². The molecule has 0 aliphatic carbocycles. The van der Waals surface area contributed by atoms with Crippen molar-refractivity contribution in [1.82, 2.24) is 3.33 Å². The molecule has 0 aliphatic rings. The molecule has 0 aliphatic heterocycles. The number of benzene rings is 1. The fourth-order valence-corrected chi connectivity index (χ4v) is 3.20. The summed E-state index contributed by atoms with van der Waals surface area (Å²) in [6.45, 7) is 2.63. The molecule has 1 rings (SSSR count). The maximum absolute atomic E-state index is 12.0. The van der Waals surface area contributed by atoms with Crippen LogP contribution in [0, 0.1) is 0 Å². The lowest BCUT2D eigenvalue weighted by atomic mass is 10.2. The number of halogens is 1. The summed E-state index contributed by atoms with van der Waals surface area (Å²) >= 11 is 3.13. The molecule has 96 valence electrons. The Hall–Kier alpha value is -0.390. The second-order valence-electron chi connectivity index (χ2n) is 3.96. The Morgan fingerprint density at radius 3 is 2.41 bits per heavy atom.